The first-order valence-electron chi connectivity index (χ1n) is 8.92. The van der Waals surface area contributed by atoms with Gasteiger partial charge in [0.1, 0.15) is 10.0 Å². The number of halogens is 1. The Labute approximate surface area is 168 Å². The number of amides is 1. The van der Waals surface area contributed by atoms with Crippen molar-refractivity contribution >= 4 is 27.3 Å². The van der Waals surface area contributed by atoms with Crippen molar-refractivity contribution < 1.29 is 17.6 Å². The molecular formula is C20H21FN2O3S2. The summed E-state index contributed by atoms with van der Waals surface area (Å²) in [5.74, 6) is 1.52. The van der Waals surface area contributed by atoms with Crippen LogP contribution in [0.3, 0.4) is 0 Å². The van der Waals surface area contributed by atoms with Crippen molar-refractivity contribution in [2.45, 2.75) is 23.6 Å². The van der Waals surface area contributed by atoms with Crippen LogP contribution in [0.15, 0.2) is 46.0 Å². The molecule has 1 unspecified atom stereocenters. The van der Waals surface area contributed by atoms with Gasteiger partial charge in [0.2, 0.25) is 5.91 Å². The minimum Gasteiger partial charge on any atom is -0.327 e. The molecule has 28 heavy (non-hydrogen) atoms. The fraction of sp³-hybridized carbons (Fsp3) is 0.350. The number of benzene rings is 1. The van der Waals surface area contributed by atoms with E-state index in [9.17, 15) is 17.6 Å². The monoisotopic (exact) mass is 420 g/mol. The molecule has 0 saturated carbocycles. The van der Waals surface area contributed by atoms with Crippen molar-refractivity contribution in [1.82, 2.24) is 9.21 Å². The van der Waals surface area contributed by atoms with E-state index in [0.717, 1.165) is 5.56 Å². The minimum absolute atomic E-state index is 0.115. The average Bonchev–Trinajstić information content (AvgIpc) is 3.24. The smallest absolute Gasteiger partial charge is 0.252 e. The number of terminal acetylenes is 1. The summed E-state index contributed by atoms with van der Waals surface area (Å²) in [7, 11) is -3.59. The quantitative estimate of drug-likeness (QED) is 0.675. The first-order chi connectivity index (χ1) is 13.4. The first-order valence-corrected chi connectivity index (χ1v) is 11.2. The fourth-order valence-electron chi connectivity index (χ4n) is 3.29. The second kappa shape index (κ2) is 8.86. The van der Waals surface area contributed by atoms with Crippen LogP contribution in [0.5, 0.6) is 0 Å². The number of piperidine rings is 1. The van der Waals surface area contributed by atoms with Gasteiger partial charge in [-0.05, 0) is 42.0 Å². The Hall–Kier alpha value is -2.21. The molecule has 2 heterocycles. The Morgan fingerprint density at radius 1 is 1.32 bits per heavy atom. The van der Waals surface area contributed by atoms with Crippen molar-refractivity contribution in [3.63, 3.8) is 0 Å². The Kier molecular flexibility index (Phi) is 6.50. The van der Waals surface area contributed by atoms with Gasteiger partial charge in [-0.25, -0.2) is 12.8 Å². The van der Waals surface area contributed by atoms with E-state index in [1.54, 1.807) is 29.6 Å². The standard InChI is InChI=1S/C20H21FN2O3S2/c1-2-11-22(14-16-7-9-18(21)10-8-16)20(24)17-5-3-12-23(15-17)28(25,26)19-6-4-13-27-19/h1,4,6-10,13,17H,3,5,11-12,14-15H2. The van der Waals surface area contributed by atoms with Crippen molar-refractivity contribution in [2.24, 2.45) is 5.92 Å². The first kappa shape index (κ1) is 20.5. The van der Waals surface area contributed by atoms with Gasteiger partial charge in [-0.3, -0.25) is 4.79 Å². The molecule has 5 nitrogen and oxygen atoms in total. The van der Waals surface area contributed by atoms with Gasteiger partial charge in [0.25, 0.3) is 10.0 Å². The summed E-state index contributed by atoms with van der Waals surface area (Å²) in [5.41, 5.74) is 0.767. The van der Waals surface area contributed by atoms with Crippen LogP contribution in [0.4, 0.5) is 4.39 Å². The van der Waals surface area contributed by atoms with E-state index in [0.29, 0.717) is 19.4 Å². The molecule has 2 aromatic rings. The largest absolute Gasteiger partial charge is 0.327 e. The average molecular weight is 421 g/mol. The molecule has 1 aromatic heterocycles. The maximum Gasteiger partial charge on any atom is 0.252 e. The zero-order valence-corrected chi connectivity index (χ0v) is 16.9. The van der Waals surface area contributed by atoms with Gasteiger partial charge in [0, 0.05) is 19.6 Å². The van der Waals surface area contributed by atoms with Crippen molar-refractivity contribution in [2.75, 3.05) is 19.6 Å². The van der Waals surface area contributed by atoms with E-state index in [1.807, 2.05) is 0 Å². The van der Waals surface area contributed by atoms with Crippen LogP contribution in [0.1, 0.15) is 18.4 Å². The van der Waals surface area contributed by atoms with Gasteiger partial charge in [0.05, 0.1) is 12.5 Å². The summed E-state index contributed by atoms with van der Waals surface area (Å²) in [6.45, 7) is 0.919. The minimum atomic E-state index is -3.59. The van der Waals surface area contributed by atoms with Crippen LogP contribution < -0.4 is 0 Å². The Morgan fingerprint density at radius 2 is 2.07 bits per heavy atom. The summed E-state index contributed by atoms with van der Waals surface area (Å²) in [6.07, 6.45) is 6.65. The molecule has 3 rings (SSSR count). The van der Waals surface area contributed by atoms with Gasteiger partial charge in [0.15, 0.2) is 0 Å². The number of carbonyl (C=O) groups is 1. The normalized spacial score (nSPS) is 17.8. The van der Waals surface area contributed by atoms with E-state index < -0.39 is 15.9 Å². The molecule has 1 aliphatic rings. The Bertz CT molecular complexity index is 950. The predicted octanol–water partition coefficient (Wildman–Crippen LogP) is 2.95. The molecule has 0 spiro atoms. The number of sulfonamides is 1. The molecule has 1 aliphatic heterocycles. The van der Waals surface area contributed by atoms with Crippen LogP contribution in [-0.2, 0) is 21.4 Å². The van der Waals surface area contributed by atoms with Crippen molar-refractivity contribution in [1.29, 1.82) is 0 Å². The number of hydrogen-bond acceptors (Lipinski definition) is 4. The number of thiophene rings is 1. The van der Waals surface area contributed by atoms with E-state index in [4.69, 9.17) is 6.42 Å². The highest BCUT2D eigenvalue weighted by atomic mass is 32.2. The number of hydrogen-bond donors (Lipinski definition) is 0. The number of rotatable bonds is 6. The Morgan fingerprint density at radius 3 is 2.71 bits per heavy atom. The molecule has 0 radical (unpaired) electrons. The van der Waals surface area contributed by atoms with Crippen LogP contribution in [-0.4, -0.2) is 43.2 Å². The van der Waals surface area contributed by atoms with Gasteiger partial charge in [-0.1, -0.05) is 24.1 Å². The highest BCUT2D eigenvalue weighted by Gasteiger charge is 2.35. The third-order valence-corrected chi connectivity index (χ3v) is 7.94. The molecule has 1 fully saturated rings. The Balaban J connectivity index is 1.73. The predicted molar refractivity (Wildman–Crippen MR) is 106 cm³/mol. The molecule has 0 N–H and O–H groups in total. The van der Waals surface area contributed by atoms with E-state index >= 15 is 0 Å². The lowest BCUT2D eigenvalue weighted by atomic mass is 9.97. The fourth-order valence-corrected chi connectivity index (χ4v) is 5.96. The molecular weight excluding hydrogens is 399 g/mol. The van der Waals surface area contributed by atoms with E-state index in [2.05, 4.69) is 5.92 Å². The van der Waals surface area contributed by atoms with Crippen molar-refractivity contribution in [3.05, 3.63) is 53.2 Å². The maximum absolute atomic E-state index is 13.1. The molecule has 1 atom stereocenters. The van der Waals surface area contributed by atoms with Gasteiger partial charge in [-0.15, -0.1) is 17.8 Å². The lowest BCUT2D eigenvalue weighted by Gasteiger charge is -2.33. The maximum atomic E-state index is 13.1. The van der Waals surface area contributed by atoms with Gasteiger partial charge in [-0.2, -0.15) is 4.31 Å². The molecule has 1 aromatic carbocycles. The van der Waals surface area contributed by atoms with E-state index in [1.165, 1.54) is 32.7 Å². The summed E-state index contributed by atoms with van der Waals surface area (Å²) >= 11 is 1.17. The van der Waals surface area contributed by atoms with Gasteiger partial charge < -0.3 is 4.90 Å². The number of carbonyl (C=O) groups excluding carboxylic acids is 1. The van der Waals surface area contributed by atoms with Crippen LogP contribution in [0.2, 0.25) is 0 Å². The second-order valence-electron chi connectivity index (χ2n) is 6.66. The third-order valence-electron chi connectivity index (χ3n) is 4.70. The summed E-state index contributed by atoms with van der Waals surface area (Å²) in [4.78, 5) is 14.6. The topological polar surface area (TPSA) is 57.7 Å². The lowest BCUT2D eigenvalue weighted by Crippen LogP contribution is -2.46. The molecule has 0 aliphatic carbocycles. The molecule has 148 valence electrons. The third kappa shape index (κ3) is 4.61. The molecule has 0 bridgehead atoms. The zero-order chi connectivity index (χ0) is 20.1. The van der Waals surface area contributed by atoms with Crippen LogP contribution in [0, 0.1) is 24.1 Å². The van der Waals surface area contributed by atoms with Crippen LogP contribution in [0.25, 0.3) is 0 Å². The lowest BCUT2D eigenvalue weighted by molar-refractivity contribution is -0.136. The summed E-state index contributed by atoms with van der Waals surface area (Å²) < 4.78 is 40.3. The molecule has 8 heteroatoms. The van der Waals surface area contributed by atoms with Crippen LogP contribution >= 0.6 is 11.3 Å². The molecule has 1 saturated heterocycles. The highest BCUT2D eigenvalue weighted by Crippen LogP contribution is 2.27. The highest BCUT2D eigenvalue weighted by molar-refractivity contribution is 7.91. The summed E-state index contributed by atoms with van der Waals surface area (Å²) in [5, 5.41) is 1.72. The van der Waals surface area contributed by atoms with Gasteiger partial charge >= 0.3 is 0 Å². The number of nitrogens with zero attached hydrogens (tertiary/aromatic N) is 2. The summed E-state index contributed by atoms with van der Waals surface area (Å²) in [6, 6.07) is 9.17. The zero-order valence-electron chi connectivity index (χ0n) is 15.3. The molecule has 1 amide bonds. The second-order valence-corrected chi connectivity index (χ2v) is 9.77. The van der Waals surface area contributed by atoms with E-state index in [-0.39, 0.29) is 35.6 Å². The SMILES string of the molecule is C#CCN(Cc1ccc(F)cc1)C(=O)C1CCCN(S(=O)(=O)c2cccs2)C1. The van der Waals surface area contributed by atoms with Crippen molar-refractivity contribution in [3.8, 4) is 12.3 Å².